The summed E-state index contributed by atoms with van der Waals surface area (Å²) in [7, 11) is 0. The number of carbonyl (C=O) groups is 10. The normalized spacial score (nSPS) is 13.8. The average Bonchev–Trinajstić information content (AvgIpc) is 3.99. The van der Waals surface area contributed by atoms with Crippen LogP contribution in [0.25, 0.3) is 11.1 Å². The van der Waals surface area contributed by atoms with Crippen LogP contribution >= 0.6 is 11.8 Å². The SMILES string of the molecule is CC(C)[C@H](NC(=O)CCCCCN1C(=O)C=CC1=O)C(=O)N[C@@H](C)C(=O)NCCCN(C(=O)CSCCC(=O)NCCC(=O)N[C@@H](CCC(=O)O)C(=O)O)[C@@H](c1cc(-c2cc(F)ccc2F)cn1Cc1ccccc1)C(C)(C)C. The topological polar surface area (TPSA) is 283 Å². The summed E-state index contributed by atoms with van der Waals surface area (Å²) in [5, 5.41) is 31.3. The molecule has 23 heteroatoms. The highest BCUT2D eigenvalue weighted by Gasteiger charge is 2.37. The van der Waals surface area contributed by atoms with E-state index in [2.05, 4.69) is 26.6 Å². The Morgan fingerprint density at radius 1 is 0.734 bits per heavy atom. The fourth-order valence-electron chi connectivity index (χ4n) is 8.76. The monoisotopic (exact) mass is 1120 g/mol. The molecule has 0 bridgehead atoms. The number of thioether (sulfide) groups is 1. The molecule has 79 heavy (non-hydrogen) atoms. The number of carboxylic acids is 2. The lowest BCUT2D eigenvalue weighted by Gasteiger charge is -2.41. The molecule has 0 fully saturated rings. The zero-order chi connectivity index (χ0) is 58.4. The molecule has 0 spiro atoms. The number of amides is 8. The zero-order valence-electron chi connectivity index (χ0n) is 45.6. The van der Waals surface area contributed by atoms with E-state index in [1.54, 1.807) is 31.0 Å². The predicted octanol–water partition coefficient (Wildman–Crippen LogP) is 5.10. The molecule has 2 heterocycles. The van der Waals surface area contributed by atoms with Gasteiger partial charge in [-0.15, -0.1) is 0 Å². The summed E-state index contributed by atoms with van der Waals surface area (Å²) in [6, 6.07) is 10.3. The van der Waals surface area contributed by atoms with Gasteiger partial charge in [-0.3, -0.25) is 48.1 Å². The molecule has 7 N–H and O–H groups in total. The first-order chi connectivity index (χ1) is 37.4. The summed E-state index contributed by atoms with van der Waals surface area (Å²) in [6.07, 6.45) is 4.94. The molecule has 0 aliphatic carbocycles. The summed E-state index contributed by atoms with van der Waals surface area (Å²) in [6.45, 7) is 11.4. The van der Waals surface area contributed by atoms with Gasteiger partial charge >= 0.3 is 11.9 Å². The molecule has 0 unspecified atom stereocenters. The van der Waals surface area contributed by atoms with Gasteiger partial charge in [-0.05, 0) is 73.8 Å². The van der Waals surface area contributed by atoms with Crippen LogP contribution < -0.4 is 26.6 Å². The Labute approximate surface area is 463 Å². The number of imide groups is 1. The molecule has 1 aliphatic rings. The Morgan fingerprint density at radius 3 is 2.06 bits per heavy atom. The van der Waals surface area contributed by atoms with Gasteiger partial charge < -0.3 is 46.3 Å². The molecule has 1 aromatic heterocycles. The van der Waals surface area contributed by atoms with E-state index in [0.29, 0.717) is 37.1 Å². The number of nitrogens with one attached hydrogen (secondary N) is 5. The van der Waals surface area contributed by atoms with Crippen molar-refractivity contribution in [3.63, 3.8) is 0 Å². The molecule has 0 saturated carbocycles. The van der Waals surface area contributed by atoms with Gasteiger partial charge in [-0.25, -0.2) is 13.6 Å². The Bertz CT molecular complexity index is 2660. The van der Waals surface area contributed by atoms with E-state index in [9.17, 15) is 57.4 Å². The highest BCUT2D eigenvalue weighted by Crippen LogP contribution is 2.41. The Hall–Kier alpha value is -7.43. The third kappa shape index (κ3) is 21.0. The van der Waals surface area contributed by atoms with Crippen LogP contribution in [0.3, 0.4) is 0 Å². The van der Waals surface area contributed by atoms with Crippen molar-refractivity contribution in [3.05, 3.63) is 95.8 Å². The summed E-state index contributed by atoms with van der Waals surface area (Å²) in [5.74, 6) is -7.79. The Morgan fingerprint density at radius 2 is 1.42 bits per heavy atom. The average molecular weight is 1120 g/mol. The van der Waals surface area contributed by atoms with Gasteiger partial charge in [0, 0.05) is 99.3 Å². The lowest BCUT2D eigenvalue weighted by Crippen LogP contribution is -2.54. The molecule has 1 aliphatic heterocycles. The molecular weight excluding hydrogens is 1050 g/mol. The van der Waals surface area contributed by atoms with Gasteiger partial charge in [0.25, 0.3) is 11.8 Å². The molecule has 3 aromatic rings. The van der Waals surface area contributed by atoms with Crippen LogP contribution in [-0.4, -0.2) is 140 Å². The minimum atomic E-state index is -1.41. The second-order valence-electron chi connectivity index (χ2n) is 20.7. The molecule has 4 atom stereocenters. The molecule has 0 radical (unpaired) electrons. The second-order valence-corrected chi connectivity index (χ2v) is 21.8. The van der Waals surface area contributed by atoms with Crippen LogP contribution in [0.2, 0.25) is 0 Å². The Balaban J connectivity index is 1.45. The van der Waals surface area contributed by atoms with Crippen molar-refractivity contribution in [2.75, 3.05) is 37.7 Å². The highest BCUT2D eigenvalue weighted by molar-refractivity contribution is 7.99. The highest BCUT2D eigenvalue weighted by atomic mass is 32.2. The first-order valence-electron chi connectivity index (χ1n) is 26.3. The number of rotatable bonds is 33. The van der Waals surface area contributed by atoms with E-state index in [0.717, 1.165) is 28.7 Å². The third-order valence-corrected chi connectivity index (χ3v) is 13.8. The summed E-state index contributed by atoms with van der Waals surface area (Å²) in [4.78, 5) is 128. The van der Waals surface area contributed by atoms with E-state index < -0.39 is 83.2 Å². The van der Waals surface area contributed by atoms with Gasteiger partial charge in [0.2, 0.25) is 35.4 Å². The van der Waals surface area contributed by atoms with E-state index in [4.69, 9.17) is 5.11 Å². The maximum Gasteiger partial charge on any atom is 0.326 e. The number of nitrogens with zero attached hydrogens (tertiary/aromatic N) is 3. The molecule has 0 saturated heterocycles. The minimum Gasteiger partial charge on any atom is -0.481 e. The number of carboxylic acid groups (broad SMARTS) is 2. The molecule has 4 rings (SSSR count). The molecule has 20 nitrogen and oxygen atoms in total. The van der Waals surface area contributed by atoms with E-state index >= 15 is 4.39 Å². The van der Waals surface area contributed by atoms with Crippen LogP contribution in [0.4, 0.5) is 8.78 Å². The van der Waals surface area contributed by atoms with Gasteiger partial charge in [0.05, 0.1) is 11.8 Å². The number of halogens is 2. The van der Waals surface area contributed by atoms with Gasteiger partial charge in [0.1, 0.15) is 29.8 Å². The van der Waals surface area contributed by atoms with Crippen LogP contribution in [0.15, 0.2) is 72.9 Å². The maximum atomic E-state index is 15.4. The summed E-state index contributed by atoms with van der Waals surface area (Å²) >= 11 is 1.18. The minimum absolute atomic E-state index is 0.0251. The van der Waals surface area contributed by atoms with Crippen molar-refractivity contribution in [1.29, 1.82) is 0 Å². The van der Waals surface area contributed by atoms with Gasteiger partial charge in [-0.2, -0.15) is 11.8 Å². The van der Waals surface area contributed by atoms with Crippen LogP contribution in [-0.2, 0) is 54.5 Å². The van der Waals surface area contributed by atoms with E-state index in [1.165, 1.54) is 30.8 Å². The first-order valence-corrected chi connectivity index (χ1v) is 27.5. The summed E-state index contributed by atoms with van der Waals surface area (Å²) < 4.78 is 32.0. The zero-order valence-corrected chi connectivity index (χ0v) is 46.4. The van der Waals surface area contributed by atoms with Crippen LogP contribution in [0.5, 0.6) is 0 Å². The number of aromatic nitrogens is 1. The quantitative estimate of drug-likeness (QED) is 0.0309. The number of aliphatic carboxylic acids is 2. The lowest BCUT2D eigenvalue weighted by atomic mass is 9.83. The van der Waals surface area contributed by atoms with Crippen molar-refractivity contribution >= 4 is 71.0 Å². The van der Waals surface area contributed by atoms with E-state index in [1.807, 2.05) is 55.7 Å². The molecule has 8 amide bonds. The number of carbonyl (C=O) groups excluding carboxylic acids is 8. The third-order valence-electron chi connectivity index (χ3n) is 12.8. The molecule has 2 aromatic carbocycles. The lowest BCUT2D eigenvalue weighted by molar-refractivity contribution is -0.143. The van der Waals surface area contributed by atoms with Crippen molar-refractivity contribution in [2.24, 2.45) is 11.3 Å². The fourth-order valence-corrected chi connectivity index (χ4v) is 9.57. The summed E-state index contributed by atoms with van der Waals surface area (Å²) in [5.41, 5.74) is 1.22. The van der Waals surface area contributed by atoms with Gasteiger partial charge in [-0.1, -0.05) is 71.4 Å². The standard InChI is InChI=1S/C56H74F2N8O12S/c1-35(2)51(63-45(68)16-11-8-12-27-65-47(70)20-21-48(65)71)54(76)61-36(3)53(75)60-25-13-28-66(49(72)34-79-29-24-44(67)59-26-23-46(69)62-42(55(77)78)19-22-50(73)74)52(56(4,5)6)43-30-38(40-31-39(57)17-18-41(40)58)33-64(43)32-37-14-9-7-10-15-37/h7,9-10,14-15,17-18,20-21,30-31,33,35-36,42,51-52H,8,11-13,16,19,22-29,32,34H2,1-6H3,(H,59,67)(H,60,75)(H,61,76)(H,62,69)(H,63,68)(H,73,74)(H,77,78)/t36-,42-,51-,52-/m0/s1. The first kappa shape index (κ1) is 64.1. The molecular formula is C56H74F2N8O12S. The molecule has 430 valence electrons. The number of hydrogen-bond acceptors (Lipinski definition) is 11. The second kappa shape index (κ2) is 31.2. The number of benzene rings is 2. The van der Waals surface area contributed by atoms with Crippen molar-refractivity contribution < 1.29 is 66.9 Å². The maximum absolute atomic E-state index is 15.4. The fraction of sp³-hybridized carbons (Fsp3) is 0.500. The van der Waals surface area contributed by atoms with Gasteiger partial charge in [0.15, 0.2) is 0 Å². The van der Waals surface area contributed by atoms with Crippen molar-refractivity contribution in [2.45, 2.75) is 130 Å². The smallest absolute Gasteiger partial charge is 0.326 e. The number of hydrogen-bond donors (Lipinski definition) is 7. The predicted molar refractivity (Wildman–Crippen MR) is 292 cm³/mol. The van der Waals surface area contributed by atoms with Crippen LogP contribution in [0.1, 0.15) is 117 Å². The van der Waals surface area contributed by atoms with Crippen molar-refractivity contribution in [3.8, 4) is 11.1 Å². The number of unbranched alkanes of at least 4 members (excludes halogenated alkanes) is 2. The Kier molecular flexibility index (Phi) is 25.3. The van der Waals surface area contributed by atoms with E-state index in [-0.39, 0.29) is 105 Å². The largest absolute Gasteiger partial charge is 0.481 e. The van der Waals surface area contributed by atoms with Crippen molar-refractivity contribution in [1.82, 2.24) is 41.0 Å². The van der Waals surface area contributed by atoms with Crippen LogP contribution in [0, 0.1) is 23.0 Å².